The molecule has 3 rings (SSSR count). The van der Waals surface area contributed by atoms with E-state index in [-0.39, 0.29) is 5.69 Å². The Morgan fingerprint density at radius 2 is 2.25 bits per heavy atom. The topological polar surface area (TPSA) is 63.6 Å². The molecule has 0 saturated carbocycles. The van der Waals surface area contributed by atoms with Crippen molar-refractivity contribution in [1.82, 2.24) is 18.3 Å². The lowest BCUT2D eigenvalue weighted by Crippen LogP contribution is -2.14. The van der Waals surface area contributed by atoms with Crippen LogP contribution in [0.5, 0.6) is 0 Å². The van der Waals surface area contributed by atoms with Crippen molar-refractivity contribution in [2.45, 2.75) is 0 Å². The third-order valence-corrected chi connectivity index (χ3v) is 3.09. The van der Waals surface area contributed by atoms with Gasteiger partial charge >= 0.3 is 5.69 Å². The molecule has 5 nitrogen and oxygen atoms in total. The molecule has 0 bridgehead atoms. The molecule has 7 heteroatoms. The maximum atomic E-state index is 11.5. The molecular formula is C9H5ClN4OS. The van der Waals surface area contributed by atoms with Gasteiger partial charge in [0.2, 0.25) is 0 Å². The van der Waals surface area contributed by atoms with Crippen LogP contribution < -0.4 is 5.69 Å². The minimum absolute atomic E-state index is 0.248. The third-order valence-electron chi connectivity index (χ3n) is 2.24. The predicted molar refractivity (Wildman–Crippen MR) is 62.4 cm³/mol. The first kappa shape index (κ1) is 9.56. The molecule has 16 heavy (non-hydrogen) atoms. The molecule has 0 unspecified atom stereocenters. The van der Waals surface area contributed by atoms with Crippen LogP contribution >= 0.6 is 23.3 Å². The maximum Gasteiger partial charge on any atom is 0.330 e. The smallest absolute Gasteiger partial charge is 0.312 e. The van der Waals surface area contributed by atoms with Gasteiger partial charge in [0.25, 0.3) is 0 Å². The zero-order chi connectivity index (χ0) is 11.1. The molecule has 1 N–H and O–H groups in total. The molecule has 2 aromatic heterocycles. The fraction of sp³-hybridized carbons (Fsp3) is 0. The molecule has 0 aliphatic carbocycles. The molecule has 3 aromatic rings. The Kier molecular flexibility index (Phi) is 2.05. The number of rotatable bonds is 1. The first-order valence-corrected chi connectivity index (χ1v) is 5.55. The number of aromatic amines is 1. The number of hydrogen-bond acceptors (Lipinski definition) is 4. The Balaban J connectivity index is 2.46. The molecule has 0 aliphatic rings. The quantitative estimate of drug-likeness (QED) is 0.719. The zero-order valence-corrected chi connectivity index (χ0v) is 9.42. The van der Waals surface area contributed by atoms with E-state index in [1.165, 1.54) is 4.57 Å². The van der Waals surface area contributed by atoms with Crippen molar-refractivity contribution in [3.05, 3.63) is 40.0 Å². The second kappa shape index (κ2) is 3.43. The van der Waals surface area contributed by atoms with Gasteiger partial charge in [0, 0.05) is 12.4 Å². The highest BCUT2D eigenvalue weighted by atomic mass is 35.5. The third kappa shape index (κ3) is 1.27. The summed E-state index contributed by atoms with van der Waals surface area (Å²) in [6, 6.07) is 3.49. The van der Waals surface area contributed by atoms with Gasteiger partial charge in [-0.1, -0.05) is 11.6 Å². The molecule has 80 valence electrons. The van der Waals surface area contributed by atoms with Crippen molar-refractivity contribution in [1.29, 1.82) is 0 Å². The highest BCUT2D eigenvalue weighted by Crippen LogP contribution is 2.27. The standard InChI is InChI=1S/C9H5ClN4OS/c10-5-1-2-6-7(13-16-12-6)8(5)14-4-3-11-9(14)15/h1-4H,(H,11,15). The van der Waals surface area contributed by atoms with Crippen LogP contribution in [0.2, 0.25) is 5.02 Å². The Bertz CT molecular complexity index is 713. The van der Waals surface area contributed by atoms with Crippen molar-refractivity contribution >= 4 is 34.4 Å². The Morgan fingerprint density at radius 1 is 1.38 bits per heavy atom. The first-order chi connectivity index (χ1) is 7.77. The average molecular weight is 253 g/mol. The zero-order valence-electron chi connectivity index (χ0n) is 7.85. The van der Waals surface area contributed by atoms with E-state index in [0.717, 1.165) is 17.2 Å². The second-order valence-electron chi connectivity index (χ2n) is 3.16. The SMILES string of the molecule is O=c1[nH]ccn1-c1c(Cl)ccc2nsnc12. The summed E-state index contributed by atoms with van der Waals surface area (Å²) >= 11 is 7.18. The van der Waals surface area contributed by atoms with E-state index in [1.54, 1.807) is 24.5 Å². The van der Waals surface area contributed by atoms with Gasteiger partial charge in [-0.2, -0.15) is 8.75 Å². The Hall–Kier alpha value is -1.66. The largest absolute Gasteiger partial charge is 0.330 e. The lowest BCUT2D eigenvalue weighted by atomic mass is 10.2. The van der Waals surface area contributed by atoms with Crippen molar-refractivity contribution in [3.63, 3.8) is 0 Å². The normalized spacial score (nSPS) is 11.1. The summed E-state index contributed by atoms with van der Waals surface area (Å²) in [5.74, 6) is 0. The van der Waals surface area contributed by atoms with Crippen LogP contribution in [0.1, 0.15) is 0 Å². The molecule has 0 saturated heterocycles. The van der Waals surface area contributed by atoms with Gasteiger partial charge in [-0.3, -0.25) is 4.57 Å². The van der Waals surface area contributed by atoms with Crippen LogP contribution in [-0.4, -0.2) is 18.3 Å². The monoisotopic (exact) mass is 252 g/mol. The number of fused-ring (bicyclic) bond motifs is 1. The first-order valence-electron chi connectivity index (χ1n) is 4.44. The number of nitrogens with zero attached hydrogens (tertiary/aromatic N) is 3. The van der Waals surface area contributed by atoms with E-state index < -0.39 is 0 Å². The van der Waals surface area contributed by atoms with Crippen LogP contribution in [-0.2, 0) is 0 Å². The van der Waals surface area contributed by atoms with Gasteiger partial charge in [-0.15, -0.1) is 0 Å². The fourth-order valence-electron chi connectivity index (χ4n) is 1.54. The van der Waals surface area contributed by atoms with Crippen molar-refractivity contribution in [2.75, 3.05) is 0 Å². The number of imidazole rings is 1. The molecule has 1 aromatic carbocycles. The molecule has 0 spiro atoms. The number of benzene rings is 1. The van der Waals surface area contributed by atoms with E-state index in [2.05, 4.69) is 13.7 Å². The molecule has 0 radical (unpaired) electrons. The van der Waals surface area contributed by atoms with Crippen LogP contribution in [0.25, 0.3) is 16.7 Å². The van der Waals surface area contributed by atoms with Gasteiger partial charge in [0.1, 0.15) is 11.0 Å². The summed E-state index contributed by atoms with van der Waals surface area (Å²) in [6.45, 7) is 0. The van der Waals surface area contributed by atoms with Crippen molar-refractivity contribution in [2.24, 2.45) is 0 Å². The number of H-pyrrole nitrogens is 1. The fourth-order valence-corrected chi connectivity index (χ4v) is 2.32. The molecule has 0 aliphatic heterocycles. The molecular weight excluding hydrogens is 248 g/mol. The number of hydrogen-bond donors (Lipinski definition) is 1. The van der Waals surface area contributed by atoms with Crippen LogP contribution in [0.3, 0.4) is 0 Å². The van der Waals surface area contributed by atoms with E-state index in [1.807, 2.05) is 0 Å². The predicted octanol–water partition coefficient (Wildman–Crippen LogP) is 1.82. The molecule has 0 atom stereocenters. The summed E-state index contributed by atoms with van der Waals surface area (Å²) in [6.07, 6.45) is 3.17. The summed E-state index contributed by atoms with van der Waals surface area (Å²) in [4.78, 5) is 14.1. The summed E-state index contributed by atoms with van der Waals surface area (Å²) in [7, 11) is 0. The number of nitrogens with one attached hydrogen (secondary N) is 1. The van der Waals surface area contributed by atoms with Crippen molar-refractivity contribution in [3.8, 4) is 5.69 Å². The van der Waals surface area contributed by atoms with Crippen LogP contribution in [0.15, 0.2) is 29.3 Å². The Morgan fingerprint density at radius 3 is 3.00 bits per heavy atom. The maximum absolute atomic E-state index is 11.5. The minimum Gasteiger partial charge on any atom is -0.312 e. The van der Waals surface area contributed by atoms with E-state index in [4.69, 9.17) is 11.6 Å². The van der Waals surface area contributed by atoms with Gasteiger partial charge in [-0.05, 0) is 12.1 Å². The van der Waals surface area contributed by atoms with Gasteiger partial charge in [-0.25, -0.2) is 4.79 Å². The van der Waals surface area contributed by atoms with Crippen LogP contribution in [0.4, 0.5) is 0 Å². The number of aromatic nitrogens is 4. The van der Waals surface area contributed by atoms with E-state index >= 15 is 0 Å². The van der Waals surface area contributed by atoms with E-state index in [0.29, 0.717) is 16.2 Å². The summed E-state index contributed by atoms with van der Waals surface area (Å²) < 4.78 is 9.68. The Labute approximate surface area is 98.6 Å². The highest BCUT2D eigenvalue weighted by molar-refractivity contribution is 7.00. The second-order valence-corrected chi connectivity index (χ2v) is 4.10. The van der Waals surface area contributed by atoms with Gasteiger partial charge in [0.15, 0.2) is 0 Å². The summed E-state index contributed by atoms with van der Waals surface area (Å²) in [5.41, 5.74) is 1.69. The molecule has 0 amide bonds. The lowest BCUT2D eigenvalue weighted by molar-refractivity contribution is 0.994. The lowest BCUT2D eigenvalue weighted by Gasteiger charge is -2.03. The van der Waals surface area contributed by atoms with Gasteiger partial charge < -0.3 is 4.98 Å². The summed E-state index contributed by atoms with van der Waals surface area (Å²) in [5, 5.41) is 0.474. The van der Waals surface area contributed by atoms with Crippen LogP contribution in [0, 0.1) is 0 Å². The molecule has 0 fully saturated rings. The van der Waals surface area contributed by atoms with Gasteiger partial charge in [0.05, 0.1) is 22.4 Å². The number of halogens is 1. The average Bonchev–Trinajstić information content (AvgIpc) is 2.87. The molecule has 2 heterocycles. The minimum atomic E-state index is -0.248. The highest BCUT2D eigenvalue weighted by Gasteiger charge is 2.12. The van der Waals surface area contributed by atoms with E-state index in [9.17, 15) is 4.79 Å². The van der Waals surface area contributed by atoms with Crippen molar-refractivity contribution < 1.29 is 0 Å².